The second-order valence-electron chi connectivity index (χ2n) is 4.97. The highest BCUT2D eigenvalue weighted by Gasteiger charge is 2.06. The van der Waals surface area contributed by atoms with Crippen LogP contribution in [0, 0.1) is 6.92 Å². The van der Waals surface area contributed by atoms with E-state index in [1.807, 2.05) is 31.2 Å². The monoisotopic (exact) mass is 348 g/mol. The van der Waals surface area contributed by atoms with Crippen LogP contribution < -0.4 is 10.6 Å². The van der Waals surface area contributed by atoms with E-state index in [0.717, 1.165) is 11.3 Å². The molecule has 0 radical (unpaired) electrons. The molecule has 4 nitrogen and oxygen atoms in total. The molecule has 23 heavy (non-hydrogen) atoms. The summed E-state index contributed by atoms with van der Waals surface area (Å²) in [5, 5.41) is 6.17. The van der Waals surface area contributed by atoms with Crippen LogP contribution in [-0.4, -0.2) is 23.3 Å². The van der Waals surface area contributed by atoms with Crippen molar-refractivity contribution in [2.45, 2.75) is 6.92 Å². The van der Waals surface area contributed by atoms with Crippen LogP contribution >= 0.6 is 23.4 Å². The SMILES string of the molecule is Cc1cccc(NC(=O)CSCC(=O)Nc2ccc(Cl)cc2)c1. The van der Waals surface area contributed by atoms with Gasteiger partial charge in [0.25, 0.3) is 0 Å². The van der Waals surface area contributed by atoms with Gasteiger partial charge >= 0.3 is 0 Å². The van der Waals surface area contributed by atoms with Crippen molar-refractivity contribution in [2.75, 3.05) is 22.1 Å². The van der Waals surface area contributed by atoms with Crippen molar-refractivity contribution in [3.63, 3.8) is 0 Å². The lowest BCUT2D eigenvalue weighted by Gasteiger charge is -2.07. The smallest absolute Gasteiger partial charge is 0.234 e. The highest BCUT2D eigenvalue weighted by Crippen LogP contribution is 2.14. The molecule has 0 aliphatic carbocycles. The summed E-state index contributed by atoms with van der Waals surface area (Å²) in [5.74, 6) is 0.159. The van der Waals surface area contributed by atoms with Crippen molar-refractivity contribution in [1.82, 2.24) is 0 Å². The number of aryl methyl sites for hydroxylation is 1. The Hall–Kier alpha value is -1.98. The van der Waals surface area contributed by atoms with Crippen molar-refractivity contribution in [1.29, 1.82) is 0 Å². The Morgan fingerprint density at radius 3 is 2.17 bits per heavy atom. The van der Waals surface area contributed by atoms with Gasteiger partial charge in [-0.05, 0) is 48.9 Å². The standard InChI is InChI=1S/C17H17ClN2O2S/c1-12-3-2-4-15(9-12)20-17(22)11-23-10-16(21)19-14-7-5-13(18)6-8-14/h2-9H,10-11H2,1H3,(H,19,21)(H,20,22). The first kappa shape index (κ1) is 17.4. The van der Waals surface area contributed by atoms with Crippen LogP contribution in [0.4, 0.5) is 11.4 Å². The third-order valence-electron chi connectivity index (χ3n) is 2.90. The van der Waals surface area contributed by atoms with Gasteiger partial charge in [-0.1, -0.05) is 23.7 Å². The van der Waals surface area contributed by atoms with E-state index in [4.69, 9.17) is 11.6 Å². The Balaban J connectivity index is 1.70. The van der Waals surface area contributed by atoms with E-state index >= 15 is 0 Å². The van der Waals surface area contributed by atoms with Gasteiger partial charge in [0.15, 0.2) is 0 Å². The minimum absolute atomic E-state index is 0.125. The van der Waals surface area contributed by atoms with Crippen molar-refractivity contribution >= 4 is 46.6 Å². The van der Waals surface area contributed by atoms with Gasteiger partial charge < -0.3 is 10.6 Å². The Kier molecular flexibility index (Phi) is 6.50. The Morgan fingerprint density at radius 2 is 1.57 bits per heavy atom. The molecule has 0 aliphatic heterocycles. The molecule has 0 aliphatic rings. The van der Waals surface area contributed by atoms with E-state index in [1.54, 1.807) is 24.3 Å². The molecule has 0 fully saturated rings. The molecule has 2 rings (SSSR count). The zero-order chi connectivity index (χ0) is 16.7. The lowest BCUT2D eigenvalue weighted by Crippen LogP contribution is -2.18. The molecule has 0 saturated carbocycles. The van der Waals surface area contributed by atoms with E-state index in [1.165, 1.54) is 11.8 Å². The predicted molar refractivity (Wildman–Crippen MR) is 97.2 cm³/mol. The topological polar surface area (TPSA) is 58.2 Å². The summed E-state index contributed by atoms with van der Waals surface area (Å²) in [6, 6.07) is 14.5. The molecule has 0 heterocycles. The maximum absolute atomic E-state index is 11.8. The molecule has 0 aromatic heterocycles. The Labute approximate surface area is 144 Å². The molecule has 0 atom stereocenters. The van der Waals surface area contributed by atoms with Crippen LogP contribution in [0.1, 0.15) is 5.56 Å². The number of hydrogen-bond acceptors (Lipinski definition) is 3. The number of rotatable bonds is 6. The zero-order valence-corrected chi connectivity index (χ0v) is 14.2. The lowest BCUT2D eigenvalue weighted by molar-refractivity contribution is -0.114. The number of halogens is 1. The van der Waals surface area contributed by atoms with Crippen LogP contribution in [0.15, 0.2) is 48.5 Å². The van der Waals surface area contributed by atoms with Crippen LogP contribution in [0.2, 0.25) is 5.02 Å². The van der Waals surface area contributed by atoms with Gasteiger partial charge in [-0.3, -0.25) is 9.59 Å². The summed E-state index contributed by atoms with van der Waals surface area (Å²) in [6.07, 6.45) is 0. The molecular weight excluding hydrogens is 332 g/mol. The normalized spacial score (nSPS) is 10.2. The van der Waals surface area contributed by atoms with E-state index in [2.05, 4.69) is 10.6 Å². The van der Waals surface area contributed by atoms with Gasteiger partial charge in [0.1, 0.15) is 0 Å². The lowest BCUT2D eigenvalue weighted by atomic mass is 10.2. The van der Waals surface area contributed by atoms with Gasteiger partial charge in [0.05, 0.1) is 11.5 Å². The van der Waals surface area contributed by atoms with E-state index < -0.39 is 0 Å². The number of hydrogen-bond donors (Lipinski definition) is 2. The van der Waals surface area contributed by atoms with Crippen molar-refractivity contribution in [3.8, 4) is 0 Å². The average molecular weight is 349 g/mol. The fourth-order valence-electron chi connectivity index (χ4n) is 1.89. The molecule has 0 unspecified atom stereocenters. The molecule has 0 saturated heterocycles. The first-order valence-electron chi connectivity index (χ1n) is 7.02. The van der Waals surface area contributed by atoms with Gasteiger partial charge in [-0.15, -0.1) is 11.8 Å². The van der Waals surface area contributed by atoms with Crippen molar-refractivity contribution in [3.05, 3.63) is 59.1 Å². The number of benzene rings is 2. The zero-order valence-electron chi connectivity index (χ0n) is 12.6. The number of amides is 2. The van der Waals surface area contributed by atoms with Crippen molar-refractivity contribution in [2.24, 2.45) is 0 Å². The van der Waals surface area contributed by atoms with E-state index in [9.17, 15) is 9.59 Å². The molecular formula is C17H17ClN2O2S. The number of nitrogens with one attached hydrogen (secondary N) is 2. The summed E-state index contributed by atoms with van der Waals surface area (Å²) in [4.78, 5) is 23.6. The number of thioether (sulfide) groups is 1. The van der Waals surface area contributed by atoms with Gasteiger partial charge in [-0.2, -0.15) is 0 Å². The van der Waals surface area contributed by atoms with Crippen LogP contribution in [0.3, 0.4) is 0 Å². The van der Waals surface area contributed by atoms with Gasteiger partial charge in [0, 0.05) is 16.4 Å². The third-order valence-corrected chi connectivity index (χ3v) is 4.08. The maximum atomic E-state index is 11.8. The maximum Gasteiger partial charge on any atom is 0.234 e. The van der Waals surface area contributed by atoms with E-state index in [0.29, 0.717) is 10.7 Å². The summed E-state index contributed by atoms with van der Waals surface area (Å²) in [6.45, 7) is 1.96. The highest BCUT2D eigenvalue weighted by atomic mass is 35.5. The van der Waals surface area contributed by atoms with Gasteiger partial charge in [-0.25, -0.2) is 0 Å². The predicted octanol–water partition coefficient (Wildman–Crippen LogP) is 3.96. The second kappa shape index (κ2) is 8.60. The van der Waals surface area contributed by atoms with E-state index in [-0.39, 0.29) is 23.3 Å². The van der Waals surface area contributed by atoms with Crippen LogP contribution in [-0.2, 0) is 9.59 Å². The fraction of sp³-hybridized carbons (Fsp3) is 0.176. The third kappa shape index (κ3) is 6.34. The molecule has 2 aromatic rings. The minimum atomic E-state index is -0.152. The Morgan fingerprint density at radius 1 is 0.957 bits per heavy atom. The first-order chi connectivity index (χ1) is 11.0. The highest BCUT2D eigenvalue weighted by molar-refractivity contribution is 8.00. The summed E-state index contributed by atoms with van der Waals surface area (Å²) in [5.41, 5.74) is 2.53. The van der Waals surface area contributed by atoms with Gasteiger partial charge in [0.2, 0.25) is 11.8 Å². The largest absolute Gasteiger partial charge is 0.325 e. The van der Waals surface area contributed by atoms with Crippen LogP contribution in [0.5, 0.6) is 0 Å². The summed E-state index contributed by atoms with van der Waals surface area (Å²) in [7, 11) is 0. The minimum Gasteiger partial charge on any atom is -0.325 e. The second-order valence-corrected chi connectivity index (χ2v) is 6.39. The molecule has 2 aromatic carbocycles. The molecule has 2 N–H and O–H groups in total. The number of anilines is 2. The summed E-state index contributed by atoms with van der Waals surface area (Å²) >= 11 is 7.05. The first-order valence-corrected chi connectivity index (χ1v) is 8.56. The molecule has 0 bridgehead atoms. The molecule has 0 spiro atoms. The molecule has 2 amide bonds. The fourth-order valence-corrected chi connectivity index (χ4v) is 2.63. The van der Waals surface area contributed by atoms with Crippen LogP contribution in [0.25, 0.3) is 0 Å². The quantitative estimate of drug-likeness (QED) is 0.830. The number of carbonyl (C=O) groups excluding carboxylic acids is 2. The Bertz CT molecular complexity index is 689. The summed E-state index contributed by atoms with van der Waals surface area (Å²) < 4.78 is 0. The average Bonchev–Trinajstić information content (AvgIpc) is 2.49. The molecule has 120 valence electrons. The molecule has 6 heteroatoms. The van der Waals surface area contributed by atoms with Crippen molar-refractivity contribution < 1.29 is 9.59 Å². The number of carbonyl (C=O) groups is 2.